The van der Waals surface area contributed by atoms with Crippen molar-refractivity contribution in [3.63, 3.8) is 0 Å². The van der Waals surface area contributed by atoms with Crippen molar-refractivity contribution in [1.29, 1.82) is 0 Å². The summed E-state index contributed by atoms with van der Waals surface area (Å²) in [6.45, 7) is 10.9. The summed E-state index contributed by atoms with van der Waals surface area (Å²) < 4.78 is 39.4. The van der Waals surface area contributed by atoms with E-state index in [9.17, 15) is 5.48 Å². The molecule has 0 amide bonds. The Morgan fingerprint density at radius 1 is 0.417 bits per heavy atom. The maximum absolute atomic E-state index is 9.89. The first-order valence-electron chi connectivity index (χ1n) is 23.0. The fourth-order valence-corrected chi connectivity index (χ4v) is 8.03. The van der Waals surface area contributed by atoms with Gasteiger partial charge in [-0.1, -0.05) is 180 Å². The third-order valence-corrected chi connectivity index (χ3v) is 11.6. The molecule has 3 heteroatoms. The minimum Gasteiger partial charge on any atom is -0.256 e. The van der Waals surface area contributed by atoms with E-state index in [4.69, 9.17) is 15.0 Å². The zero-order valence-electron chi connectivity index (χ0n) is 39.3. The van der Waals surface area contributed by atoms with Gasteiger partial charge in [-0.25, -0.2) is 0 Å². The summed E-state index contributed by atoms with van der Waals surface area (Å²) >= 11 is 0. The van der Waals surface area contributed by atoms with E-state index in [0.29, 0.717) is 24.1 Å². The second kappa shape index (κ2) is 17.8. The van der Waals surface area contributed by atoms with Crippen LogP contribution in [0.2, 0.25) is 0 Å². The van der Waals surface area contributed by atoms with Crippen molar-refractivity contribution in [2.45, 2.75) is 77.5 Å². The Labute approximate surface area is 362 Å². The maximum atomic E-state index is 9.89. The molecule has 0 saturated heterocycles. The molecule has 298 valence electrons. The molecular formula is C57H55N3. The minimum absolute atomic E-state index is 0.197. The monoisotopic (exact) mass is 785 g/mol. The van der Waals surface area contributed by atoms with E-state index in [1.807, 2.05) is 109 Å². The highest BCUT2D eigenvalue weighted by molar-refractivity contribution is 5.73. The topological polar surface area (TPSA) is 38.7 Å². The van der Waals surface area contributed by atoms with Gasteiger partial charge in [0.05, 0.1) is 17.1 Å². The van der Waals surface area contributed by atoms with Crippen molar-refractivity contribution >= 4 is 0 Å². The minimum atomic E-state index is -2.50. The van der Waals surface area contributed by atoms with Crippen LogP contribution in [0.4, 0.5) is 0 Å². The zero-order valence-corrected chi connectivity index (χ0v) is 35.3. The Bertz CT molecular complexity index is 2710. The summed E-state index contributed by atoms with van der Waals surface area (Å²) in [4.78, 5) is 14.5. The number of aryl methyl sites for hydroxylation is 3. The van der Waals surface area contributed by atoms with Crippen LogP contribution in [0.3, 0.4) is 0 Å². The van der Waals surface area contributed by atoms with E-state index in [2.05, 4.69) is 101 Å². The van der Waals surface area contributed by atoms with Gasteiger partial charge in [0.1, 0.15) is 0 Å². The van der Waals surface area contributed by atoms with Crippen molar-refractivity contribution in [3.8, 4) is 44.9 Å². The molecule has 0 fully saturated rings. The Balaban J connectivity index is 1.20. The van der Waals surface area contributed by atoms with Crippen molar-refractivity contribution < 1.29 is 5.48 Å². The van der Waals surface area contributed by atoms with Crippen LogP contribution in [-0.2, 0) is 42.8 Å². The van der Waals surface area contributed by atoms with E-state index in [1.54, 1.807) is 6.20 Å². The molecule has 0 atom stereocenters. The Morgan fingerprint density at radius 3 is 1.32 bits per heavy atom. The molecule has 8 aromatic rings. The van der Waals surface area contributed by atoms with Gasteiger partial charge in [0.2, 0.25) is 0 Å². The van der Waals surface area contributed by atoms with Crippen LogP contribution in [0.5, 0.6) is 0 Å². The lowest BCUT2D eigenvalue weighted by molar-refractivity contribution is 0.512. The molecule has 60 heavy (non-hydrogen) atoms. The van der Waals surface area contributed by atoms with Gasteiger partial charge in [0.15, 0.2) is 0 Å². The summed E-state index contributed by atoms with van der Waals surface area (Å²) in [6, 6.07) is 54.4. The SMILES string of the molecule is [2H]C([2H])(c1cc(CC(C)(C)c2ccc(-c3ccccc3)nc2)cc(CC(C)(C)c2ccc(-c3ccccc3)nc2)c1)C([2H])([2H])c1cnc(-c2ccccc2)cc1-c1ccc(CC)cc1. The van der Waals surface area contributed by atoms with E-state index >= 15 is 0 Å². The molecule has 0 aliphatic carbocycles. The fourth-order valence-electron chi connectivity index (χ4n) is 8.03. The van der Waals surface area contributed by atoms with Crippen LogP contribution in [0.25, 0.3) is 44.9 Å². The van der Waals surface area contributed by atoms with Gasteiger partial charge in [-0.15, -0.1) is 0 Å². The normalized spacial score (nSPS) is 13.2. The molecule has 3 nitrogen and oxygen atoms in total. The third-order valence-electron chi connectivity index (χ3n) is 11.6. The van der Waals surface area contributed by atoms with Gasteiger partial charge in [-0.2, -0.15) is 0 Å². The molecule has 0 aliphatic rings. The molecule has 0 unspecified atom stereocenters. The largest absolute Gasteiger partial charge is 0.256 e. The number of nitrogens with zero attached hydrogens (tertiary/aromatic N) is 3. The first-order chi connectivity index (χ1) is 30.6. The molecule has 0 bridgehead atoms. The quantitative estimate of drug-likeness (QED) is 0.110. The average Bonchev–Trinajstić information content (AvgIpc) is 3.32. The van der Waals surface area contributed by atoms with Crippen LogP contribution in [0, 0.1) is 0 Å². The lowest BCUT2D eigenvalue weighted by Crippen LogP contribution is -2.23. The molecule has 0 aliphatic heterocycles. The lowest BCUT2D eigenvalue weighted by atomic mass is 9.77. The van der Waals surface area contributed by atoms with Crippen LogP contribution in [0.1, 0.15) is 79.0 Å². The molecule has 0 saturated carbocycles. The molecule has 0 spiro atoms. The van der Waals surface area contributed by atoms with E-state index in [1.165, 1.54) is 5.56 Å². The molecular weight excluding hydrogens is 727 g/mol. The molecule has 5 aromatic carbocycles. The molecule has 0 N–H and O–H groups in total. The number of hydrogen-bond acceptors (Lipinski definition) is 3. The second-order valence-electron chi connectivity index (χ2n) is 17.0. The van der Waals surface area contributed by atoms with E-state index in [0.717, 1.165) is 62.3 Å². The second-order valence-corrected chi connectivity index (χ2v) is 17.0. The number of aromatic nitrogens is 3. The molecule has 3 aromatic heterocycles. The molecule has 8 rings (SSSR count). The van der Waals surface area contributed by atoms with Crippen LogP contribution in [0.15, 0.2) is 182 Å². The number of pyridine rings is 3. The van der Waals surface area contributed by atoms with Crippen molar-refractivity contribution in [2.24, 2.45) is 0 Å². The van der Waals surface area contributed by atoms with Crippen LogP contribution < -0.4 is 0 Å². The zero-order chi connectivity index (χ0) is 45.1. The first kappa shape index (κ1) is 35.5. The highest BCUT2D eigenvalue weighted by Crippen LogP contribution is 2.34. The van der Waals surface area contributed by atoms with Gasteiger partial charge in [0, 0.05) is 40.8 Å². The average molecular weight is 786 g/mol. The van der Waals surface area contributed by atoms with Crippen molar-refractivity contribution in [1.82, 2.24) is 15.0 Å². The van der Waals surface area contributed by atoms with Gasteiger partial charge < -0.3 is 0 Å². The predicted octanol–water partition coefficient (Wildman–Crippen LogP) is 13.9. The predicted molar refractivity (Wildman–Crippen MR) is 251 cm³/mol. The van der Waals surface area contributed by atoms with Gasteiger partial charge in [-0.3, -0.25) is 15.0 Å². The van der Waals surface area contributed by atoms with E-state index in [-0.39, 0.29) is 22.0 Å². The standard InChI is InChI=1S/C57H55N3/c1-6-41-22-25-45(26-23-41)52-35-55(48-20-14-9-15-21-48)58-38-49(52)27-24-42-32-43(36-56(2,3)50-28-30-53(59-39-50)46-16-10-7-11-17-46)34-44(33-42)37-57(4,5)51-29-31-54(60-40-51)47-18-12-8-13-19-47/h7-23,25-26,28-35,38-40H,6,24,27,36-37H2,1-5H3/i24D2,27D2. The third kappa shape index (κ3) is 9.53. The Kier molecular flexibility index (Phi) is 10.5. The van der Waals surface area contributed by atoms with Gasteiger partial charge in [-0.05, 0) is 111 Å². The van der Waals surface area contributed by atoms with Crippen molar-refractivity contribution in [3.05, 3.63) is 221 Å². The summed E-state index contributed by atoms with van der Waals surface area (Å²) in [5, 5.41) is 0. The molecule has 3 heterocycles. The highest BCUT2D eigenvalue weighted by Gasteiger charge is 2.25. The molecule has 0 radical (unpaired) electrons. The summed E-state index contributed by atoms with van der Waals surface area (Å²) in [6.07, 6.45) is 2.49. The van der Waals surface area contributed by atoms with Gasteiger partial charge >= 0.3 is 0 Å². The number of hydrogen-bond donors (Lipinski definition) is 0. The highest BCUT2D eigenvalue weighted by atomic mass is 14.7. The lowest BCUT2D eigenvalue weighted by Gasteiger charge is -2.28. The van der Waals surface area contributed by atoms with Crippen LogP contribution >= 0.6 is 0 Å². The Morgan fingerprint density at radius 2 is 0.867 bits per heavy atom. The fraction of sp³-hybridized carbons (Fsp3) is 0.211. The maximum Gasteiger partial charge on any atom is 0.0708 e. The first-order valence-corrected chi connectivity index (χ1v) is 21.0. The van der Waals surface area contributed by atoms with Crippen molar-refractivity contribution in [2.75, 3.05) is 0 Å². The smallest absolute Gasteiger partial charge is 0.0708 e. The van der Waals surface area contributed by atoms with E-state index < -0.39 is 12.7 Å². The number of rotatable bonds is 14. The Hall–Kier alpha value is -6.45. The summed E-state index contributed by atoms with van der Waals surface area (Å²) in [7, 11) is 0. The van der Waals surface area contributed by atoms with Gasteiger partial charge in [0.25, 0.3) is 0 Å². The van der Waals surface area contributed by atoms with Crippen LogP contribution in [-0.4, -0.2) is 15.0 Å². The summed E-state index contributed by atoms with van der Waals surface area (Å²) in [5.41, 5.74) is 11.8. The summed E-state index contributed by atoms with van der Waals surface area (Å²) in [5.74, 6) is 0. The number of benzene rings is 5.